The second kappa shape index (κ2) is 10.9. The normalized spacial score (nSPS) is 15.9. The van der Waals surface area contributed by atoms with Crippen LogP contribution in [0.5, 0.6) is 5.88 Å². The van der Waals surface area contributed by atoms with Crippen molar-refractivity contribution >= 4 is 11.9 Å². The van der Waals surface area contributed by atoms with E-state index in [1.807, 2.05) is 11.8 Å². The molecule has 162 valence electrons. The van der Waals surface area contributed by atoms with Gasteiger partial charge in [0.2, 0.25) is 5.88 Å². The number of esters is 1. The standard InChI is InChI=1S/C19H27F3N4O3/c1-3-23-18(26-11-7-14(8-12-26)17(27)28-4-2)25-10-13-29-16-15(19(20,21)22)6-5-9-24-16/h5-6,9,14H,3-4,7-8,10-13H2,1-2H3,(H,23,25). The number of halogens is 3. The molecule has 0 bridgehead atoms. The summed E-state index contributed by atoms with van der Waals surface area (Å²) in [5.41, 5.74) is -0.906. The number of aliphatic imine (C=N–C) groups is 1. The van der Waals surface area contributed by atoms with Gasteiger partial charge in [0.15, 0.2) is 5.96 Å². The van der Waals surface area contributed by atoms with E-state index in [9.17, 15) is 18.0 Å². The Morgan fingerprint density at radius 2 is 2.07 bits per heavy atom. The highest BCUT2D eigenvalue weighted by Crippen LogP contribution is 2.34. The molecule has 0 aliphatic carbocycles. The van der Waals surface area contributed by atoms with Crippen molar-refractivity contribution in [3.05, 3.63) is 23.9 Å². The highest BCUT2D eigenvalue weighted by molar-refractivity contribution is 5.80. The number of aromatic nitrogens is 1. The number of pyridine rings is 1. The Labute approximate surface area is 168 Å². The van der Waals surface area contributed by atoms with Crippen LogP contribution in [-0.2, 0) is 15.7 Å². The Morgan fingerprint density at radius 1 is 1.34 bits per heavy atom. The number of likely N-dealkylation sites (tertiary alicyclic amines) is 1. The van der Waals surface area contributed by atoms with E-state index < -0.39 is 17.6 Å². The van der Waals surface area contributed by atoms with Crippen molar-refractivity contribution in [1.29, 1.82) is 0 Å². The van der Waals surface area contributed by atoms with Crippen LogP contribution in [0.4, 0.5) is 13.2 Å². The van der Waals surface area contributed by atoms with E-state index in [0.717, 1.165) is 6.07 Å². The molecule has 0 aromatic carbocycles. The largest absolute Gasteiger partial charge is 0.475 e. The van der Waals surface area contributed by atoms with E-state index in [1.54, 1.807) is 6.92 Å². The molecule has 2 heterocycles. The van der Waals surface area contributed by atoms with Crippen LogP contribution >= 0.6 is 0 Å². The minimum absolute atomic E-state index is 0.0335. The molecule has 0 radical (unpaired) electrons. The minimum Gasteiger partial charge on any atom is -0.475 e. The number of carbonyl (C=O) groups excluding carboxylic acids is 1. The van der Waals surface area contributed by atoms with Crippen LogP contribution in [0.2, 0.25) is 0 Å². The quantitative estimate of drug-likeness (QED) is 0.319. The fourth-order valence-corrected chi connectivity index (χ4v) is 3.03. The molecule has 1 aliphatic heterocycles. The van der Waals surface area contributed by atoms with Crippen molar-refractivity contribution in [2.45, 2.75) is 32.9 Å². The minimum atomic E-state index is -4.52. The number of ether oxygens (including phenoxy) is 2. The third kappa shape index (κ3) is 6.79. The van der Waals surface area contributed by atoms with Crippen LogP contribution in [0.15, 0.2) is 23.3 Å². The van der Waals surface area contributed by atoms with Gasteiger partial charge in [0.1, 0.15) is 12.2 Å². The van der Waals surface area contributed by atoms with Crippen LogP contribution in [-0.4, -0.2) is 61.2 Å². The summed E-state index contributed by atoms with van der Waals surface area (Å²) in [6.07, 6.45) is -1.93. The summed E-state index contributed by atoms with van der Waals surface area (Å²) in [5.74, 6) is -0.0772. The number of guanidine groups is 1. The molecular formula is C19H27F3N4O3. The van der Waals surface area contributed by atoms with Crippen molar-refractivity contribution in [3.63, 3.8) is 0 Å². The van der Waals surface area contributed by atoms with Crippen LogP contribution < -0.4 is 10.1 Å². The highest BCUT2D eigenvalue weighted by atomic mass is 19.4. The predicted molar refractivity (Wildman–Crippen MR) is 102 cm³/mol. The number of alkyl halides is 3. The maximum atomic E-state index is 13.0. The summed E-state index contributed by atoms with van der Waals surface area (Å²) in [6, 6.07) is 2.15. The van der Waals surface area contributed by atoms with Crippen LogP contribution in [0, 0.1) is 5.92 Å². The third-order valence-electron chi connectivity index (χ3n) is 4.42. The molecule has 0 atom stereocenters. The molecule has 1 saturated heterocycles. The van der Waals surface area contributed by atoms with E-state index in [4.69, 9.17) is 9.47 Å². The first kappa shape index (κ1) is 22.8. The van der Waals surface area contributed by atoms with Crippen molar-refractivity contribution in [1.82, 2.24) is 15.2 Å². The summed E-state index contributed by atoms with van der Waals surface area (Å²) in [4.78, 5) is 22.0. The van der Waals surface area contributed by atoms with Gasteiger partial charge in [0.25, 0.3) is 0 Å². The lowest BCUT2D eigenvalue weighted by Crippen LogP contribution is -2.46. The Hall–Kier alpha value is -2.52. The molecule has 1 aliphatic rings. The fraction of sp³-hybridized carbons (Fsp3) is 0.632. The van der Waals surface area contributed by atoms with Gasteiger partial charge in [-0.3, -0.25) is 4.79 Å². The Kier molecular flexibility index (Phi) is 8.53. The van der Waals surface area contributed by atoms with E-state index in [1.165, 1.54) is 12.3 Å². The Bertz CT molecular complexity index is 690. The molecule has 1 aromatic rings. The molecular weight excluding hydrogens is 389 g/mol. The van der Waals surface area contributed by atoms with E-state index in [-0.39, 0.29) is 25.0 Å². The second-order valence-corrected chi connectivity index (χ2v) is 6.45. The predicted octanol–water partition coefficient (Wildman–Crippen LogP) is 2.72. The number of nitrogens with zero attached hydrogens (tertiary/aromatic N) is 3. The zero-order valence-electron chi connectivity index (χ0n) is 16.7. The van der Waals surface area contributed by atoms with Crippen LogP contribution in [0.25, 0.3) is 0 Å². The van der Waals surface area contributed by atoms with Gasteiger partial charge in [-0.1, -0.05) is 0 Å². The molecule has 0 unspecified atom stereocenters. The molecule has 1 aromatic heterocycles. The number of carbonyl (C=O) groups is 1. The smallest absolute Gasteiger partial charge is 0.421 e. The summed E-state index contributed by atoms with van der Waals surface area (Å²) in [6.45, 7) is 6.17. The van der Waals surface area contributed by atoms with E-state index >= 15 is 0 Å². The number of hydrogen-bond acceptors (Lipinski definition) is 5. The maximum absolute atomic E-state index is 13.0. The molecule has 0 saturated carbocycles. The van der Waals surface area contributed by atoms with Gasteiger partial charge in [0.05, 0.1) is 19.1 Å². The molecule has 29 heavy (non-hydrogen) atoms. The zero-order chi connectivity index (χ0) is 21.3. The molecule has 7 nitrogen and oxygen atoms in total. The van der Waals surface area contributed by atoms with Gasteiger partial charge in [0, 0.05) is 25.8 Å². The molecule has 1 fully saturated rings. The lowest BCUT2D eigenvalue weighted by molar-refractivity contribution is -0.149. The van der Waals surface area contributed by atoms with Gasteiger partial charge in [-0.25, -0.2) is 9.98 Å². The third-order valence-corrected chi connectivity index (χ3v) is 4.42. The van der Waals surface area contributed by atoms with Crippen molar-refractivity contribution in [2.24, 2.45) is 10.9 Å². The first-order valence-electron chi connectivity index (χ1n) is 9.71. The molecule has 1 N–H and O–H groups in total. The molecule has 0 amide bonds. The second-order valence-electron chi connectivity index (χ2n) is 6.45. The van der Waals surface area contributed by atoms with Gasteiger partial charge >= 0.3 is 12.1 Å². The summed E-state index contributed by atoms with van der Waals surface area (Å²) < 4.78 is 49.2. The zero-order valence-corrected chi connectivity index (χ0v) is 16.7. The number of rotatable bonds is 7. The van der Waals surface area contributed by atoms with Gasteiger partial charge in [-0.05, 0) is 38.8 Å². The number of hydrogen-bond donors (Lipinski definition) is 1. The lowest BCUT2D eigenvalue weighted by atomic mass is 9.97. The molecule has 2 rings (SSSR count). The fourth-order valence-electron chi connectivity index (χ4n) is 3.03. The average Bonchev–Trinajstić information content (AvgIpc) is 2.70. The van der Waals surface area contributed by atoms with Crippen LogP contribution in [0.3, 0.4) is 0 Å². The summed E-state index contributed by atoms with van der Waals surface area (Å²) in [5, 5.41) is 3.16. The lowest BCUT2D eigenvalue weighted by Gasteiger charge is -2.33. The van der Waals surface area contributed by atoms with Crippen molar-refractivity contribution in [2.75, 3.05) is 39.4 Å². The average molecular weight is 416 g/mol. The molecule has 0 spiro atoms. The van der Waals surface area contributed by atoms with Crippen molar-refractivity contribution in [3.8, 4) is 5.88 Å². The summed E-state index contributed by atoms with van der Waals surface area (Å²) >= 11 is 0. The monoisotopic (exact) mass is 416 g/mol. The Morgan fingerprint density at radius 3 is 2.69 bits per heavy atom. The maximum Gasteiger partial charge on any atom is 0.421 e. The van der Waals surface area contributed by atoms with Crippen molar-refractivity contribution < 1.29 is 27.4 Å². The van der Waals surface area contributed by atoms with E-state index in [0.29, 0.717) is 45.0 Å². The summed E-state index contributed by atoms with van der Waals surface area (Å²) in [7, 11) is 0. The number of nitrogens with one attached hydrogen (secondary N) is 1. The van der Waals surface area contributed by atoms with Gasteiger partial charge in [-0.2, -0.15) is 13.2 Å². The SMILES string of the molecule is CCNC(=NCCOc1ncccc1C(F)(F)F)N1CCC(C(=O)OCC)CC1. The number of piperidine rings is 1. The first-order valence-corrected chi connectivity index (χ1v) is 9.71. The van der Waals surface area contributed by atoms with E-state index in [2.05, 4.69) is 15.3 Å². The van der Waals surface area contributed by atoms with Crippen LogP contribution in [0.1, 0.15) is 32.3 Å². The Balaban J connectivity index is 1.90. The first-order chi connectivity index (χ1) is 13.9. The topological polar surface area (TPSA) is 76.1 Å². The van der Waals surface area contributed by atoms with Gasteiger partial charge < -0.3 is 19.7 Å². The highest BCUT2D eigenvalue weighted by Gasteiger charge is 2.35. The van der Waals surface area contributed by atoms with Gasteiger partial charge in [-0.15, -0.1) is 0 Å². The molecule has 10 heteroatoms.